The van der Waals surface area contributed by atoms with Crippen molar-refractivity contribution in [3.05, 3.63) is 76.0 Å². The summed E-state index contributed by atoms with van der Waals surface area (Å²) < 4.78 is 17.6. The van der Waals surface area contributed by atoms with Crippen LogP contribution in [0.1, 0.15) is 38.0 Å². The summed E-state index contributed by atoms with van der Waals surface area (Å²) in [5, 5.41) is 4.13. The van der Waals surface area contributed by atoms with E-state index in [0.717, 1.165) is 32.2 Å². The number of aromatic amines is 1. The second kappa shape index (κ2) is 10.7. The summed E-state index contributed by atoms with van der Waals surface area (Å²) in [6.45, 7) is 6.38. The number of carbonyl (C=O) groups is 1. The van der Waals surface area contributed by atoms with E-state index in [1.807, 2.05) is 57.3 Å². The van der Waals surface area contributed by atoms with E-state index in [1.54, 1.807) is 26.6 Å². The zero-order valence-corrected chi connectivity index (χ0v) is 22.5. The third-order valence-electron chi connectivity index (χ3n) is 5.55. The smallest absolute Gasteiger partial charge is 0.416 e. The van der Waals surface area contributed by atoms with Crippen LogP contribution in [0.5, 0.6) is 0 Å². The highest BCUT2D eigenvalue weighted by atomic mass is 79.9. The molecule has 1 amide bonds. The fourth-order valence-corrected chi connectivity index (χ4v) is 4.22. The van der Waals surface area contributed by atoms with Crippen LogP contribution in [0.2, 0.25) is 0 Å². The first kappa shape index (κ1) is 25.7. The van der Waals surface area contributed by atoms with E-state index in [4.69, 9.17) is 14.2 Å². The lowest BCUT2D eigenvalue weighted by atomic mass is 10.0. The number of methoxy groups -OCH3 is 2. The van der Waals surface area contributed by atoms with Crippen LogP contribution in [0.3, 0.4) is 0 Å². The maximum atomic E-state index is 13.1. The van der Waals surface area contributed by atoms with Crippen molar-refractivity contribution in [2.45, 2.75) is 32.5 Å². The van der Waals surface area contributed by atoms with Crippen LogP contribution in [0, 0.1) is 0 Å². The molecule has 0 radical (unpaired) electrons. The van der Waals surface area contributed by atoms with E-state index in [2.05, 4.69) is 36.2 Å². The molecule has 3 aromatic heterocycles. The standard InChI is InChI=1S/C26H30BrN5O4/c1-26(2,3)36-25(33)32(15-16-6-9-22(34-4)29-11-16)21-8-7-17(12-28-21)23(35-5)20-14-31-24-19(20)10-18(27)13-30-24/h6-10,12-14,23,29H,11,15H2,1-5H3,(H,30,31). The first-order valence-electron chi connectivity index (χ1n) is 11.5. The first-order chi connectivity index (χ1) is 17.2. The molecule has 0 bridgehead atoms. The summed E-state index contributed by atoms with van der Waals surface area (Å²) in [5.74, 6) is 1.16. The number of aromatic nitrogens is 3. The second-order valence-electron chi connectivity index (χ2n) is 9.34. The maximum absolute atomic E-state index is 13.1. The number of ether oxygens (including phenoxy) is 3. The summed E-state index contributed by atoms with van der Waals surface area (Å²) in [6, 6.07) is 5.72. The van der Waals surface area contributed by atoms with Gasteiger partial charge in [0.05, 0.1) is 13.7 Å². The summed E-state index contributed by atoms with van der Waals surface area (Å²) in [6.07, 6.45) is 8.29. The lowest BCUT2D eigenvalue weighted by molar-refractivity contribution is 0.0582. The number of nitrogens with zero attached hydrogens (tertiary/aromatic N) is 3. The molecule has 1 aliphatic rings. The third-order valence-corrected chi connectivity index (χ3v) is 5.99. The number of rotatable bonds is 7. The highest BCUT2D eigenvalue weighted by molar-refractivity contribution is 9.10. The molecule has 0 saturated carbocycles. The lowest BCUT2D eigenvalue weighted by Gasteiger charge is -2.28. The van der Waals surface area contributed by atoms with Crippen LogP contribution in [0.15, 0.2) is 64.9 Å². The van der Waals surface area contributed by atoms with Gasteiger partial charge in [0, 0.05) is 53.2 Å². The Hall–Kier alpha value is -3.37. The predicted octanol–water partition coefficient (Wildman–Crippen LogP) is 5.22. The number of amides is 1. The van der Waals surface area contributed by atoms with E-state index in [-0.39, 0.29) is 6.10 Å². The van der Waals surface area contributed by atoms with Crippen molar-refractivity contribution in [1.29, 1.82) is 0 Å². The molecule has 190 valence electrons. The molecule has 0 aliphatic carbocycles. The van der Waals surface area contributed by atoms with Gasteiger partial charge in [-0.3, -0.25) is 4.90 Å². The normalized spacial score (nSPS) is 14.5. The average molecular weight is 556 g/mol. The van der Waals surface area contributed by atoms with E-state index < -0.39 is 11.7 Å². The first-order valence-corrected chi connectivity index (χ1v) is 12.3. The molecule has 4 heterocycles. The number of halogens is 1. The predicted molar refractivity (Wildman–Crippen MR) is 142 cm³/mol. The molecule has 1 unspecified atom stereocenters. The van der Waals surface area contributed by atoms with Crippen molar-refractivity contribution in [2.75, 3.05) is 32.2 Å². The number of H-pyrrole nitrogens is 1. The molecule has 0 spiro atoms. The highest BCUT2D eigenvalue weighted by Gasteiger charge is 2.26. The van der Waals surface area contributed by atoms with Crippen molar-refractivity contribution in [1.82, 2.24) is 20.3 Å². The van der Waals surface area contributed by atoms with Crippen molar-refractivity contribution < 1.29 is 19.0 Å². The molecule has 3 aromatic rings. The van der Waals surface area contributed by atoms with Crippen LogP contribution in [0.4, 0.5) is 10.6 Å². The van der Waals surface area contributed by atoms with Gasteiger partial charge in [-0.05, 0) is 60.5 Å². The van der Waals surface area contributed by atoms with Crippen LogP contribution in [-0.2, 0) is 14.2 Å². The summed E-state index contributed by atoms with van der Waals surface area (Å²) in [4.78, 5) is 26.9. The summed E-state index contributed by atoms with van der Waals surface area (Å²) in [7, 11) is 3.26. The highest BCUT2D eigenvalue weighted by Crippen LogP contribution is 2.32. The topological polar surface area (TPSA) is 102 Å². The van der Waals surface area contributed by atoms with Crippen molar-refractivity contribution in [3.63, 3.8) is 0 Å². The number of nitrogens with one attached hydrogen (secondary N) is 2. The number of pyridine rings is 2. The largest absolute Gasteiger partial charge is 0.483 e. The van der Waals surface area contributed by atoms with Gasteiger partial charge in [0.2, 0.25) is 0 Å². The minimum absolute atomic E-state index is 0.317. The van der Waals surface area contributed by atoms with Crippen LogP contribution in [-0.4, -0.2) is 54.0 Å². The number of anilines is 1. The van der Waals surface area contributed by atoms with E-state index in [9.17, 15) is 4.79 Å². The Bertz CT molecular complexity index is 1290. The van der Waals surface area contributed by atoms with Gasteiger partial charge >= 0.3 is 6.09 Å². The van der Waals surface area contributed by atoms with Gasteiger partial charge in [0.15, 0.2) is 5.88 Å². The van der Waals surface area contributed by atoms with Gasteiger partial charge in [-0.15, -0.1) is 0 Å². The number of carbonyl (C=O) groups excluding carboxylic acids is 1. The quantitative estimate of drug-likeness (QED) is 0.412. The Morgan fingerprint density at radius 2 is 2.00 bits per heavy atom. The molecule has 0 aromatic carbocycles. The maximum Gasteiger partial charge on any atom is 0.416 e. The number of hydrogen-bond donors (Lipinski definition) is 2. The fraction of sp³-hybridized carbons (Fsp3) is 0.346. The minimum atomic E-state index is -0.642. The molecular formula is C26H30BrN5O4. The molecule has 9 nitrogen and oxygen atoms in total. The number of dihydropyridines is 1. The van der Waals surface area contributed by atoms with Gasteiger partial charge in [0.25, 0.3) is 0 Å². The van der Waals surface area contributed by atoms with Crippen molar-refractivity contribution in [2.24, 2.45) is 0 Å². The second-order valence-corrected chi connectivity index (χ2v) is 10.3. The monoisotopic (exact) mass is 555 g/mol. The Morgan fingerprint density at radius 1 is 1.19 bits per heavy atom. The number of fused-ring (bicyclic) bond motifs is 1. The van der Waals surface area contributed by atoms with Gasteiger partial charge < -0.3 is 24.5 Å². The van der Waals surface area contributed by atoms with Gasteiger partial charge in [0.1, 0.15) is 23.2 Å². The Kier molecular flexibility index (Phi) is 7.65. The van der Waals surface area contributed by atoms with Gasteiger partial charge in [-0.25, -0.2) is 14.8 Å². The molecule has 10 heteroatoms. The van der Waals surface area contributed by atoms with Crippen molar-refractivity contribution in [3.8, 4) is 0 Å². The summed E-state index contributed by atoms with van der Waals surface area (Å²) in [5.41, 5.74) is 2.91. The Morgan fingerprint density at radius 3 is 2.61 bits per heavy atom. The van der Waals surface area contributed by atoms with Crippen LogP contribution < -0.4 is 10.2 Å². The minimum Gasteiger partial charge on any atom is -0.483 e. The average Bonchev–Trinajstić information content (AvgIpc) is 3.25. The van der Waals surface area contributed by atoms with Crippen molar-refractivity contribution >= 4 is 38.9 Å². The van der Waals surface area contributed by atoms with E-state index in [0.29, 0.717) is 24.8 Å². The molecule has 2 N–H and O–H groups in total. The zero-order valence-electron chi connectivity index (χ0n) is 21.0. The zero-order chi connectivity index (χ0) is 25.9. The fourth-order valence-electron chi connectivity index (χ4n) is 3.89. The molecule has 1 aliphatic heterocycles. The Balaban J connectivity index is 1.63. The molecule has 0 fully saturated rings. The van der Waals surface area contributed by atoms with Gasteiger partial charge in [-0.2, -0.15) is 0 Å². The molecule has 1 atom stereocenters. The molecule has 0 saturated heterocycles. The van der Waals surface area contributed by atoms with E-state index >= 15 is 0 Å². The van der Waals surface area contributed by atoms with Crippen LogP contribution >= 0.6 is 15.9 Å². The lowest BCUT2D eigenvalue weighted by Crippen LogP contribution is -2.40. The van der Waals surface area contributed by atoms with E-state index in [1.165, 1.54) is 4.90 Å². The Labute approximate surface area is 218 Å². The third kappa shape index (κ3) is 5.88. The number of hydrogen-bond acceptors (Lipinski definition) is 7. The summed E-state index contributed by atoms with van der Waals surface area (Å²) >= 11 is 3.49. The molecule has 4 rings (SSSR count). The molecule has 36 heavy (non-hydrogen) atoms. The molecular weight excluding hydrogens is 526 g/mol. The van der Waals surface area contributed by atoms with Gasteiger partial charge in [-0.1, -0.05) is 12.1 Å². The SMILES string of the molecule is COC1=CC=C(CN(C(=O)OC(C)(C)C)c2ccc(C(OC)c3c[nH]c4ncc(Br)cc34)cn2)CN1. The number of allylic oxidation sites excluding steroid dienone is 2. The van der Waals surface area contributed by atoms with Crippen LogP contribution in [0.25, 0.3) is 11.0 Å².